The summed E-state index contributed by atoms with van der Waals surface area (Å²) >= 11 is 1.60. The van der Waals surface area contributed by atoms with E-state index in [-0.39, 0.29) is 0 Å². The summed E-state index contributed by atoms with van der Waals surface area (Å²) in [6.45, 7) is 5.54. The molecular weight excluding hydrogens is 234 g/mol. The Balaban J connectivity index is 2.18. The molecule has 3 nitrogen and oxygen atoms in total. The Hall–Kier alpha value is -1.55. The van der Waals surface area contributed by atoms with Crippen molar-refractivity contribution in [2.75, 3.05) is 5.32 Å². The number of hydrogen-bond acceptors (Lipinski definition) is 3. The van der Waals surface area contributed by atoms with Crippen molar-refractivity contribution in [3.8, 4) is 0 Å². The molecule has 1 N–H and O–H groups in total. The fourth-order valence-electron chi connectivity index (χ4n) is 1.51. The highest BCUT2D eigenvalue weighted by atomic mass is 32.1. The maximum absolute atomic E-state index is 11.7. The molecule has 0 unspecified atom stereocenters. The van der Waals surface area contributed by atoms with Gasteiger partial charge in [-0.25, -0.2) is 4.79 Å². The van der Waals surface area contributed by atoms with Gasteiger partial charge in [-0.1, -0.05) is 12.1 Å². The van der Waals surface area contributed by atoms with Crippen molar-refractivity contribution in [2.24, 2.45) is 0 Å². The molecule has 17 heavy (non-hydrogen) atoms. The second-order valence-electron chi connectivity index (χ2n) is 4.77. The minimum absolute atomic E-state index is 0.418. The van der Waals surface area contributed by atoms with Gasteiger partial charge in [0.25, 0.3) is 0 Å². The number of hydrogen-bond donors (Lipinski definition) is 1. The molecule has 1 aromatic heterocycles. The number of thiophene rings is 1. The zero-order chi connectivity index (χ0) is 12.5. The fraction of sp³-hybridized carbons (Fsp3) is 0.308. The maximum atomic E-state index is 11.7. The smallest absolute Gasteiger partial charge is 0.412 e. The third-order valence-corrected chi connectivity index (χ3v) is 3.08. The molecule has 0 atom stereocenters. The Labute approximate surface area is 104 Å². The van der Waals surface area contributed by atoms with Crippen molar-refractivity contribution in [3.63, 3.8) is 0 Å². The zero-order valence-electron chi connectivity index (χ0n) is 10.1. The molecule has 0 saturated carbocycles. The van der Waals surface area contributed by atoms with Crippen molar-refractivity contribution < 1.29 is 9.53 Å². The van der Waals surface area contributed by atoms with Gasteiger partial charge in [-0.2, -0.15) is 0 Å². The molecule has 0 aliphatic heterocycles. The lowest BCUT2D eigenvalue weighted by Gasteiger charge is -2.19. The molecule has 0 radical (unpaired) electrons. The molecule has 1 aromatic carbocycles. The number of benzene rings is 1. The lowest BCUT2D eigenvalue weighted by atomic mass is 10.2. The first-order valence-electron chi connectivity index (χ1n) is 5.42. The molecule has 4 heteroatoms. The van der Waals surface area contributed by atoms with E-state index in [4.69, 9.17) is 4.74 Å². The molecule has 0 saturated heterocycles. The van der Waals surface area contributed by atoms with Gasteiger partial charge >= 0.3 is 6.09 Å². The number of amides is 1. The lowest BCUT2D eigenvalue weighted by molar-refractivity contribution is 0.0636. The molecule has 1 amide bonds. The van der Waals surface area contributed by atoms with Crippen LogP contribution in [-0.2, 0) is 4.74 Å². The summed E-state index contributed by atoms with van der Waals surface area (Å²) in [6.07, 6.45) is -0.418. The lowest BCUT2D eigenvalue weighted by Crippen LogP contribution is -2.27. The van der Waals surface area contributed by atoms with Crippen molar-refractivity contribution in [2.45, 2.75) is 26.4 Å². The van der Waals surface area contributed by atoms with Crippen LogP contribution in [-0.4, -0.2) is 11.7 Å². The van der Waals surface area contributed by atoms with Crippen LogP contribution in [0, 0.1) is 0 Å². The van der Waals surface area contributed by atoms with Crippen LogP contribution in [0.2, 0.25) is 0 Å². The second kappa shape index (κ2) is 4.37. The maximum Gasteiger partial charge on any atom is 0.412 e. The predicted octanol–water partition coefficient (Wildman–Crippen LogP) is 4.25. The van der Waals surface area contributed by atoms with Crippen molar-refractivity contribution >= 4 is 33.2 Å². The topological polar surface area (TPSA) is 38.3 Å². The van der Waals surface area contributed by atoms with Crippen molar-refractivity contribution in [1.29, 1.82) is 0 Å². The van der Waals surface area contributed by atoms with E-state index >= 15 is 0 Å². The number of nitrogens with one attached hydrogen (secondary N) is 1. The van der Waals surface area contributed by atoms with E-state index in [0.29, 0.717) is 0 Å². The molecule has 0 bridgehead atoms. The van der Waals surface area contributed by atoms with E-state index < -0.39 is 11.7 Å². The van der Waals surface area contributed by atoms with Gasteiger partial charge in [0, 0.05) is 0 Å². The van der Waals surface area contributed by atoms with Crippen LogP contribution in [0.3, 0.4) is 0 Å². The molecular formula is C13H15NO2S. The van der Waals surface area contributed by atoms with Gasteiger partial charge in [0.1, 0.15) is 5.60 Å². The molecule has 0 spiro atoms. The van der Waals surface area contributed by atoms with Gasteiger partial charge in [0.2, 0.25) is 0 Å². The van der Waals surface area contributed by atoms with E-state index in [1.807, 2.05) is 50.4 Å². The molecule has 1 heterocycles. The largest absolute Gasteiger partial charge is 0.444 e. The summed E-state index contributed by atoms with van der Waals surface area (Å²) in [5.41, 5.74) is 0.319. The third kappa shape index (κ3) is 2.97. The number of rotatable bonds is 1. The van der Waals surface area contributed by atoms with Crippen molar-refractivity contribution in [3.05, 3.63) is 29.6 Å². The first-order chi connectivity index (χ1) is 7.96. The minimum atomic E-state index is -0.479. The van der Waals surface area contributed by atoms with Crippen molar-refractivity contribution in [1.82, 2.24) is 0 Å². The van der Waals surface area contributed by atoms with Gasteiger partial charge in [-0.3, -0.25) is 5.32 Å². The Morgan fingerprint density at radius 3 is 2.76 bits per heavy atom. The fourth-order valence-corrected chi connectivity index (χ4v) is 2.37. The van der Waals surface area contributed by atoms with Gasteiger partial charge < -0.3 is 4.74 Å². The highest BCUT2D eigenvalue weighted by molar-refractivity contribution is 7.17. The predicted molar refractivity (Wildman–Crippen MR) is 71.7 cm³/mol. The third-order valence-electron chi connectivity index (χ3n) is 2.11. The number of fused-ring (bicyclic) bond motifs is 1. The van der Waals surface area contributed by atoms with Crippen LogP contribution >= 0.6 is 11.3 Å². The summed E-state index contributed by atoms with van der Waals surface area (Å²) in [5, 5.41) is 5.91. The molecule has 2 aromatic rings. The minimum Gasteiger partial charge on any atom is -0.444 e. The van der Waals surface area contributed by atoms with Crippen LogP contribution in [0.5, 0.6) is 0 Å². The number of ether oxygens (including phenoxy) is 1. The molecule has 90 valence electrons. The Bertz CT molecular complexity index is 540. The Kier molecular flexibility index (Phi) is 3.07. The number of anilines is 1. The summed E-state index contributed by atoms with van der Waals surface area (Å²) in [4.78, 5) is 11.7. The molecule has 0 aliphatic carbocycles. The van der Waals surface area contributed by atoms with Crippen LogP contribution in [0.1, 0.15) is 20.8 Å². The second-order valence-corrected chi connectivity index (χ2v) is 5.69. The number of carbonyl (C=O) groups is 1. The molecule has 0 fully saturated rings. The summed E-state index contributed by atoms with van der Waals surface area (Å²) in [5.74, 6) is 0. The van der Waals surface area contributed by atoms with E-state index in [1.165, 1.54) is 0 Å². The number of carbonyl (C=O) groups excluding carboxylic acids is 1. The van der Waals surface area contributed by atoms with Gasteiger partial charge in [-0.05, 0) is 43.7 Å². The summed E-state index contributed by atoms with van der Waals surface area (Å²) in [6, 6.07) is 7.84. The standard InChI is InChI=1S/C13H15NO2S/c1-13(2,3)16-12(15)14-10-6-4-5-9-7-8-17-11(9)10/h4-8H,1-3H3,(H,14,15). The van der Waals surface area contributed by atoms with Crippen LogP contribution in [0.15, 0.2) is 29.6 Å². The highest BCUT2D eigenvalue weighted by Crippen LogP contribution is 2.28. The normalized spacial score (nSPS) is 11.5. The first kappa shape index (κ1) is 11.9. The monoisotopic (exact) mass is 249 g/mol. The van der Waals surface area contributed by atoms with Crippen LogP contribution in [0.25, 0.3) is 10.1 Å². The van der Waals surface area contributed by atoms with E-state index in [1.54, 1.807) is 11.3 Å². The average Bonchev–Trinajstić information content (AvgIpc) is 2.63. The Morgan fingerprint density at radius 2 is 2.06 bits per heavy atom. The average molecular weight is 249 g/mol. The van der Waals surface area contributed by atoms with Crippen LogP contribution < -0.4 is 5.32 Å². The van der Waals surface area contributed by atoms with Gasteiger partial charge in [0.15, 0.2) is 0 Å². The SMILES string of the molecule is CC(C)(C)OC(=O)Nc1cccc2ccsc12. The summed E-state index contributed by atoms with van der Waals surface area (Å²) < 4.78 is 6.29. The zero-order valence-corrected chi connectivity index (χ0v) is 10.9. The first-order valence-corrected chi connectivity index (χ1v) is 6.30. The van der Waals surface area contributed by atoms with Crippen LogP contribution in [0.4, 0.5) is 10.5 Å². The van der Waals surface area contributed by atoms with E-state index in [0.717, 1.165) is 15.8 Å². The molecule has 2 rings (SSSR count). The summed E-state index contributed by atoms with van der Waals surface area (Å²) in [7, 11) is 0. The van der Waals surface area contributed by atoms with E-state index in [9.17, 15) is 4.79 Å². The van der Waals surface area contributed by atoms with Gasteiger partial charge in [-0.15, -0.1) is 11.3 Å². The quantitative estimate of drug-likeness (QED) is 0.820. The molecule has 0 aliphatic rings. The highest BCUT2D eigenvalue weighted by Gasteiger charge is 2.16. The van der Waals surface area contributed by atoms with Gasteiger partial charge in [0.05, 0.1) is 10.4 Å². The Morgan fingerprint density at radius 1 is 1.29 bits per heavy atom. The van der Waals surface area contributed by atoms with E-state index in [2.05, 4.69) is 5.32 Å².